The topological polar surface area (TPSA) is 52.3 Å². The fourth-order valence-electron chi connectivity index (χ4n) is 1.58. The molecule has 1 aromatic rings. The van der Waals surface area contributed by atoms with Gasteiger partial charge < -0.3 is 10.5 Å². The Morgan fingerprint density at radius 3 is 2.88 bits per heavy atom. The van der Waals surface area contributed by atoms with Crippen LogP contribution in [0.4, 0.5) is 10.1 Å². The zero-order valence-electron chi connectivity index (χ0n) is 10.2. The van der Waals surface area contributed by atoms with Crippen molar-refractivity contribution < 1.29 is 13.9 Å². The summed E-state index contributed by atoms with van der Waals surface area (Å²) in [4.78, 5) is 11.7. The summed E-state index contributed by atoms with van der Waals surface area (Å²) >= 11 is 0. The standard InChI is InChI=1S/C13H18FNO2/c1-3-4-9(2)8-17-13(16)11-7-10(14)5-6-12(11)15/h5-7,9H,3-4,8,15H2,1-2H3. The van der Waals surface area contributed by atoms with Crippen LogP contribution < -0.4 is 5.73 Å². The largest absolute Gasteiger partial charge is 0.462 e. The molecule has 0 aromatic heterocycles. The van der Waals surface area contributed by atoms with E-state index in [2.05, 4.69) is 6.92 Å². The van der Waals surface area contributed by atoms with Gasteiger partial charge in [-0.1, -0.05) is 20.3 Å². The van der Waals surface area contributed by atoms with E-state index in [0.717, 1.165) is 18.9 Å². The summed E-state index contributed by atoms with van der Waals surface area (Å²) in [6.45, 7) is 4.41. The number of carbonyl (C=O) groups is 1. The monoisotopic (exact) mass is 239 g/mol. The number of esters is 1. The first-order valence-corrected chi connectivity index (χ1v) is 5.76. The van der Waals surface area contributed by atoms with Crippen LogP contribution in [0.1, 0.15) is 37.0 Å². The maximum Gasteiger partial charge on any atom is 0.340 e. The van der Waals surface area contributed by atoms with Crippen LogP contribution in [-0.4, -0.2) is 12.6 Å². The first-order valence-electron chi connectivity index (χ1n) is 5.76. The summed E-state index contributed by atoms with van der Waals surface area (Å²) in [7, 11) is 0. The molecule has 0 aliphatic heterocycles. The van der Waals surface area contributed by atoms with Gasteiger partial charge in [0.05, 0.1) is 12.2 Å². The predicted octanol–water partition coefficient (Wildman–Crippen LogP) is 3.00. The molecule has 2 N–H and O–H groups in total. The molecule has 0 radical (unpaired) electrons. The van der Waals surface area contributed by atoms with Gasteiger partial charge in [0.1, 0.15) is 5.82 Å². The number of nitrogens with two attached hydrogens (primary N) is 1. The third kappa shape index (κ3) is 4.06. The SMILES string of the molecule is CCCC(C)COC(=O)c1cc(F)ccc1N. The summed E-state index contributed by atoms with van der Waals surface area (Å²) in [6, 6.07) is 3.68. The van der Waals surface area contributed by atoms with Crippen molar-refractivity contribution in [3.05, 3.63) is 29.6 Å². The molecule has 0 fully saturated rings. The molecule has 1 unspecified atom stereocenters. The smallest absolute Gasteiger partial charge is 0.340 e. The van der Waals surface area contributed by atoms with Crippen molar-refractivity contribution in [2.45, 2.75) is 26.7 Å². The molecule has 94 valence electrons. The van der Waals surface area contributed by atoms with Crippen LogP contribution in [0.5, 0.6) is 0 Å². The molecule has 0 saturated heterocycles. The number of benzene rings is 1. The normalized spacial score (nSPS) is 12.2. The Morgan fingerprint density at radius 1 is 1.53 bits per heavy atom. The van der Waals surface area contributed by atoms with Crippen molar-refractivity contribution in [2.75, 3.05) is 12.3 Å². The number of rotatable bonds is 5. The van der Waals surface area contributed by atoms with Crippen molar-refractivity contribution in [2.24, 2.45) is 5.92 Å². The van der Waals surface area contributed by atoms with Gasteiger partial charge in [-0.05, 0) is 30.5 Å². The Bertz CT molecular complexity index is 393. The number of hydrogen-bond donors (Lipinski definition) is 1. The van der Waals surface area contributed by atoms with E-state index in [1.165, 1.54) is 12.1 Å². The van der Waals surface area contributed by atoms with Crippen molar-refractivity contribution in [3.8, 4) is 0 Å². The maximum atomic E-state index is 13.0. The molecule has 0 bridgehead atoms. The molecule has 4 heteroatoms. The minimum atomic E-state index is -0.565. The molecule has 0 saturated carbocycles. The molecular formula is C13H18FNO2. The summed E-state index contributed by atoms with van der Waals surface area (Å²) in [5.41, 5.74) is 5.91. The number of halogens is 1. The van der Waals surface area contributed by atoms with Gasteiger partial charge in [0.25, 0.3) is 0 Å². The highest BCUT2D eigenvalue weighted by Gasteiger charge is 2.13. The quantitative estimate of drug-likeness (QED) is 0.634. The fourth-order valence-corrected chi connectivity index (χ4v) is 1.58. The predicted molar refractivity (Wildman–Crippen MR) is 65.2 cm³/mol. The van der Waals surface area contributed by atoms with Gasteiger partial charge in [-0.2, -0.15) is 0 Å². The summed E-state index contributed by atoms with van der Waals surface area (Å²) in [5.74, 6) is -0.753. The Kier molecular flexibility index (Phi) is 4.94. The highest BCUT2D eigenvalue weighted by atomic mass is 19.1. The van der Waals surface area contributed by atoms with Crippen molar-refractivity contribution in [3.63, 3.8) is 0 Å². The summed E-state index contributed by atoms with van der Waals surface area (Å²) < 4.78 is 18.1. The van der Waals surface area contributed by atoms with Crippen LogP contribution in [0, 0.1) is 11.7 Å². The zero-order chi connectivity index (χ0) is 12.8. The zero-order valence-corrected chi connectivity index (χ0v) is 10.2. The Hall–Kier alpha value is -1.58. The second-order valence-corrected chi connectivity index (χ2v) is 4.22. The first kappa shape index (κ1) is 13.5. The molecule has 0 heterocycles. The highest BCUT2D eigenvalue weighted by molar-refractivity contribution is 5.95. The lowest BCUT2D eigenvalue weighted by Crippen LogP contribution is -2.13. The molecule has 0 aliphatic carbocycles. The van der Waals surface area contributed by atoms with E-state index in [1.807, 2.05) is 6.92 Å². The first-order chi connectivity index (χ1) is 8.04. The number of ether oxygens (including phenoxy) is 1. The Morgan fingerprint density at radius 2 is 2.24 bits per heavy atom. The molecular weight excluding hydrogens is 221 g/mol. The van der Waals surface area contributed by atoms with Crippen LogP contribution in [0.15, 0.2) is 18.2 Å². The molecule has 3 nitrogen and oxygen atoms in total. The van der Waals surface area contributed by atoms with Gasteiger partial charge in [0.15, 0.2) is 0 Å². The van der Waals surface area contributed by atoms with Gasteiger partial charge in [-0.25, -0.2) is 9.18 Å². The minimum Gasteiger partial charge on any atom is -0.462 e. The van der Waals surface area contributed by atoms with Crippen LogP contribution in [0.3, 0.4) is 0 Å². The fraction of sp³-hybridized carbons (Fsp3) is 0.462. The van der Waals surface area contributed by atoms with E-state index in [1.54, 1.807) is 0 Å². The molecule has 17 heavy (non-hydrogen) atoms. The third-order valence-corrected chi connectivity index (χ3v) is 2.52. The van der Waals surface area contributed by atoms with Gasteiger partial charge in [0, 0.05) is 5.69 Å². The van der Waals surface area contributed by atoms with E-state index in [-0.39, 0.29) is 11.3 Å². The number of hydrogen-bond acceptors (Lipinski definition) is 3. The maximum absolute atomic E-state index is 13.0. The van der Waals surface area contributed by atoms with Crippen LogP contribution in [0.2, 0.25) is 0 Å². The van der Waals surface area contributed by atoms with Crippen molar-refractivity contribution in [1.29, 1.82) is 0 Å². The second kappa shape index (κ2) is 6.23. The van der Waals surface area contributed by atoms with Crippen LogP contribution >= 0.6 is 0 Å². The Labute approximate surface area is 101 Å². The molecule has 0 aliphatic rings. The van der Waals surface area contributed by atoms with E-state index < -0.39 is 11.8 Å². The van der Waals surface area contributed by atoms with Crippen LogP contribution in [0.25, 0.3) is 0 Å². The minimum absolute atomic E-state index is 0.0914. The molecule has 1 atom stereocenters. The molecule has 0 spiro atoms. The summed E-state index contributed by atoms with van der Waals surface area (Å²) in [6.07, 6.45) is 2.03. The lowest BCUT2D eigenvalue weighted by atomic mass is 10.1. The molecule has 1 aromatic carbocycles. The van der Waals surface area contributed by atoms with E-state index in [4.69, 9.17) is 10.5 Å². The molecule has 0 amide bonds. The molecule has 1 rings (SSSR count). The number of anilines is 1. The van der Waals surface area contributed by atoms with Crippen LogP contribution in [-0.2, 0) is 4.74 Å². The second-order valence-electron chi connectivity index (χ2n) is 4.22. The number of carbonyl (C=O) groups excluding carboxylic acids is 1. The van der Waals surface area contributed by atoms with Crippen molar-refractivity contribution >= 4 is 11.7 Å². The van der Waals surface area contributed by atoms with E-state index in [0.29, 0.717) is 12.5 Å². The summed E-state index contributed by atoms with van der Waals surface area (Å²) in [5, 5.41) is 0. The van der Waals surface area contributed by atoms with Gasteiger partial charge in [-0.15, -0.1) is 0 Å². The average Bonchev–Trinajstić information content (AvgIpc) is 2.29. The lowest BCUT2D eigenvalue weighted by molar-refractivity contribution is 0.0444. The lowest BCUT2D eigenvalue weighted by Gasteiger charge is -2.11. The average molecular weight is 239 g/mol. The van der Waals surface area contributed by atoms with Gasteiger partial charge >= 0.3 is 5.97 Å². The number of nitrogen functional groups attached to an aromatic ring is 1. The van der Waals surface area contributed by atoms with E-state index in [9.17, 15) is 9.18 Å². The van der Waals surface area contributed by atoms with Gasteiger partial charge in [-0.3, -0.25) is 0 Å². The van der Waals surface area contributed by atoms with E-state index >= 15 is 0 Å². The van der Waals surface area contributed by atoms with Crippen molar-refractivity contribution in [1.82, 2.24) is 0 Å². The van der Waals surface area contributed by atoms with Gasteiger partial charge in [0.2, 0.25) is 0 Å². The highest BCUT2D eigenvalue weighted by Crippen LogP contribution is 2.15. The third-order valence-electron chi connectivity index (χ3n) is 2.52. The Balaban J connectivity index is 2.61.